The molecule has 5 heterocycles. The standard InChI is InChI=1S/C23H29N7/c1-14(2)20-21(17-12-30-23(24-13-25-30)16(4)15(17)3)26-18-6-7-19(27-22(18)20)29-10-8-28(5)9-11-29/h6-7,12-14,26H,8-11H2,1-5H3. The van der Waals surface area contributed by atoms with Crippen molar-refractivity contribution in [2.45, 2.75) is 33.6 Å². The van der Waals surface area contributed by atoms with Crippen LogP contribution in [0.3, 0.4) is 0 Å². The van der Waals surface area contributed by atoms with Gasteiger partial charge < -0.3 is 14.8 Å². The van der Waals surface area contributed by atoms with Crippen molar-refractivity contribution in [1.82, 2.24) is 29.5 Å². The van der Waals surface area contributed by atoms with Crippen molar-refractivity contribution in [2.24, 2.45) is 0 Å². The van der Waals surface area contributed by atoms with Gasteiger partial charge in [0.25, 0.3) is 0 Å². The van der Waals surface area contributed by atoms with E-state index in [1.165, 1.54) is 11.1 Å². The van der Waals surface area contributed by atoms with Crippen LogP contribution in [0, 0.1) is 13.8 Å². The minimum absolute atomic E-state index is 0.343. The van der Waals surface area contributed by atoms with Crippen molar-refractivity contribution in [1.29, 1.82) is 0 Å². The van der Waals surface area contributed by atoms with Crippen LogP contribution in [0.1, 0.15) is 36.5 Å². The van der Waals surface area contributed by atoms with Crippen molar-refractivity contribution >= 4 is 22.5 Å². The summed E-state index contributed by atoms with van der Waals surface area (Å²) in [4.78, 5) is 18.0. The molecular weight excluding hydrogens is 374 g/mol. The molecule has 1 saturated heterocycles. The summed E-state index contributed by atoms with van der Waals surface area (Å²) in [6.45, 7) is 13.0. The Balaban J connectivity index is 1.68. The molecule has 0 spiro atoms. The van der Waals surface area contributed by atoms with Crippen LogP contribution in [0.25, 0.3) is 27.9 Å². The lowest BCUT2D eigenvalue weighted by Gasteiger charge is -2.33. The lowest BCUT2D eigenvalue weighted by atomic mass is 9.95. The van der Waals surface area contributed by atoms with E-state index in [1.54, 1.807) is 6.33 Å². The molecule has 7 heteroatoms. The largest absolute Gasteiger partial charge is 0.354 e. The quantitative estimate of drug-likeness (QED) is 0.564. The van der Waals surface area contributed by atoms with Crippen LogP contribution in [0.2, 0.25) is 0 Å². The molecule has 0 bridgehead atoms. The Labute approximate surface area is 176 Å². The highest BCUT2D eigenvalue weighted by Gasteiger charge is 2.22. The van der Waals surface area contributed by atoms with E-state index in [9.17, 15) is 0 Å². The van der Waals surface area contributed by atoms with Crippen LogP contribution in [0.4, 0.5) is 5.82 Å². The third kappa shape index (κ3) is 2.96. The summed E-state index contributed by atoms with van der Waals surface area (Å²) in [6.07, 6.45) is 3.70. The smallest absolute Gasteiger partial charge is 0.158 e. The topological polar surface area (TPSA) is 65.4 Å². The van der Waals surface area contributed by atoms with Crippen LogP contribution >= 0.6 is 0 Å². The van der Waals surface area contributed by atoms with Crippen LogP contribution in [-0.2, 0) is 0 Å². The zero-order valence-corrected chi connectivity index (χ0v) is 18.4. The minimum atomic E-state index is 0.343. The maximum Gasteiger partial charge on any atom is 0.158 e. The van der Waals surface area contributed by atoms with Gasteiger partial charge in [-0.05, 0) is 50.1 Å². The molecule has 5 rings (SSSR count). The molecular formula is C23H29N7. The molecule has 0 aliphatic carbocycles. The summed E-state index contributed by atoms with van der Waals surface area (Å²) < 4.78 is 1.87. The van der Waals surface area contributed by atoms with Gasteiger partial charge in [-0.1, -0.05) is 13.8 Å². The molecule has 0 aromatic carbocycles. The first-order valence-corrected chi connectivity index (χ1v) is 10.7. The Morgan fingerprint density at radius 3 is 2.53 bits per heavy atom. The fraction of sp³-hybridized carbons (Fsp3) is 0.435. The number of aromatic nitrogens is 5. The molecule has 1 fully saturated rings. The van der Waals surface area contributed by atoms with Gasteiger partial charge in [0.15, 0.2) is 5.65 Å². The molecule has 1 N–H and O–H groups in total. The molecule has 4 aromatic heterocycles. The lowest BCUT2D eigenvalue weighted by molar-refractivity contribution is 0.312. The minimum Gasteiger partial charge on any atom is -0.354 e. The summed E-state index contributed by atoms with van der Waals surface area (Å²) in [5, 5.41) is 4.38. The third-order valence-electron chi connectivity index (χ3n) is 6.46. The fourth-order valence-electron chi connectivity index (χ4n) is 4.52. The Hall–Kier alpha value is -2.93. The van der Waals surface area contributed by atoms with Gasteiger partial charge in [-0.3, -0.25) is 0 Å². The Bertz CT molecular complexity index is 1230. The van der Waals surface area contributed by atoms with E-state index in [0.717, 1.165) is 65.5 Å². The van der Waals surface area contributed by atoms with Crippen molar-refractivity contribution in [3.05, 3.63) is 41.3 Å². The van der Waals surface area contributed by atoms with E-state index in [2.05, 4.69) is 77.9 Å². The van der Waals surface area contributed by atoms with Gasteiger partial charge in [-0.2, -0.15) is 5.10 Å². The van der Waals surface area contributed by atoms with Crippen molar-refractivity contribution in [3.63, 3.8) is 0 Å². The Morgan fingerprint density at radius 2 is 1.80 bits per heavy atom. The molecule has 0 atom stereocenters. The number of pyridine rings is 2. The second-order valence-corrected chi connectivity index (χ2v) is 8.75. The maximum atomic E-state index is 5.14. The summed E-state index contributed by atoms with van der Waals surface area (Å²) in [6, 6.07) is 4.33. The molecule has 156 valence electrons. The van der Waals surface area contributed by atoms with Gasteiger partial charge in [-0.15, -0.1) is 0 Å². The fourth-order valence-corrected chi connectivity index (χ4v) is 4.52. The monoisotopic (exact) mass is 403 g/mol. The summed E-state index contributed by atoms with van der Waals surface area (Å²) in [5.74, 6) is 1.41. The number of H-pyrrole nitrogens is 1. The van der Waals surface area contributed by atoms with E-state index < -0.39 is 0 Å². The SMILES string of the molecule is Cc1c(-c2[nH]c3ccc(N4CCN(C)CC4)nc3c2C(C)C)cn2ncnc2c1C. The predicted octanol–water partition coefficient (Wildman–Crippen LogP) is 3.76. The second kappa shape index (κ2) is 7.09. The van der Waals surface area contributed by atoms with E-state index >= 15 is 0 Å². The number of nitrogens with zero attached hydrogens (tertiary/aromatic N) is 6. The number of aromatic amines is 1. The van der Waals surface area contributed by atoms with Crippen molar-refractivity contribution in [2.75, 3.05) is 38.1 Å². The molecule has 1 aliphatic rings. The average molecular weight is 404 g/mol. The highest BCUT2D eigenvalue weighted by Crippen LogP contribution is 2.37. The van der Waals surface area contributed by atoms with E-state index in [4.69, 9.17) is 4.98 Å². The van der Waals surface area contributed by atoms with Gasteiger partial charge in [0.05, 0.1) is 16.7 Å². The molecule has 0 saturated carbocycles. The first-order chi connectivity index (χ1) is 14.4. The van der Waals surface area contributed by atoms with E-state index in [-0.39, 0.29) is 0 Å². The second-order valence-electron chi connectivity index (χ2n) is 8.75. The molecule has 0 amide bonds. The summed E-state index contributed by atoms with van der Waals surface area (Å²) >= 11 is 0. The lowest BCUT2D eigenvalue weighted by Crippen LogP contribution is -2.44. The number of hydrogen-bond donors (Lipinski definition) is 1. The number of fused-ring (bicyclic) bond motifs is 2. The van der Waals surface area contributed by atoms with Crippen molar-refractivity contribution in [3.8, 4) is 11.3 Å². The van der Waals surface area contributed by atoms with Crippen LogP contribution in [0.15, 0.2) is 24.7 Å². The Kier molecular flexibility index (Phi) is 4.50. The first-order valence-electron chi connectivity index (χ1n) is 10.7. The highest BCUT2D eigenvalue weighted by atomic mass is 15.3. The zero-order chi connectivity index (χ0) is 21.0. The predicted molar refractivity (Wildman–Crippen MR) is 121 cm³/mol. The van der Waals surface area contributed by atoms with Gasteiger partial charge in [0.2, 0.25) is 0 Å². The molecule has 1 aliphatic heterocycles. The average Bonchev–Trinajstić information content (AvgIpc) is 3.35. The van der Waals surface area contributed by atoms with E-state index in [1.807, 2.05) is 4.52 Å². The molecule has 0 unspecified atom stereocenters. The summed E-state index contributed by atoms with van der Waals surface area (Å²) in [7, 11) is 2.18. The highest BCUT2D eigenvalue weighted by molar-refractivity contribution is 5.90. The third-order valence-corrected chi connectivity index (χ3v) is 6.46. The van der Waals surface area contributed by atoms with Gasteiger partial charge >= 0.3 is 0 Å². The van der Waals surface area contributed by atoms with Gasteiger partial charge in [0, 0.05) is 43.5 Å². The summed E-state index contributed by atoms with van der Waals surface area (Å²) in [5.41, 5.74) is 9.02. The molecule has 0 radical (unpaired) electrons. The number of likely N-dealkylation sites (N-methyl/N-ethyl adjacent to an activating group) is 1. The van der Waals surface area contributed by atoms with Crippen LogP contribution < -0.4 is 4.90 Å². The van der Waals surface area contributed by atoms with Gasteiger partial charge in [-0.25, -0.2) is 14.5 Å². The first kappa shape index (κ1) is 19.1. The van der Waals surface area contributed by atoms with Crippen LogP contribution in [0.5, 0.6) is 0 Å². The number of hydrogen-bond acceptors (Lipinski definition) is 5. The molecule has 4 aromatic rings. The molecule has 30 heavy (non-hydrogen) atoms. The van der Waals surface area contributed by atoms with Gasteiger partial charge in [0.1, 0.15) is 12.1 Å². The number of nitrogens with one attached hydrogen (secondary N) is 1. The zero-order valence-electron chi connectivity index (χ0n) is 18.4. The van der Waals surface area contributed by atoms with Crippen LogP contribution in [-0.4, -0.2) is 62.7 Å². The number of piperazine rings is 1. The maximum absolute atomic E-state index is 5.14. The van der Waals surface area contributed by atoms with Crippen molar-refractivity contribution < 1.29 is 0 Å². The normalized spacial score (nSPS) is 15.7. The molecule has 7 nitrogen and oxygen atoms in total. The Morgan fingerprint density at radius 1 is 1.03 bits per heavy atom. The number of aryl methyl sites for hydroxylation is 1. The number of anilines is 1. The van der Waals surface area contributed by atoms with E-state index in [0.29, 0.717) is 5.92 Å². The number of rotatable bonds is 3.